The summed E-state index contributed by atoms with van der Waals surface area (Å²) in [6.07, 6.45) is 0. The molecule has 2 aromatic rings. The summed E-state index contributed by atoms with van der Waals surface area (Å²) in [5.74, 6) is -0.113. The minimum atomic E-state index is -0.113. The van der Waals surface area contributed by atoms with E-state index in [-0.39, 0.29) is 10.4 Å². The fourth-order valence-corrected chi connectivity index (χ4v) is 3.34. The van der Waals surface area contributed by atoms with Crippen LogP contribution in [0.5, 0.6) is 0 Å². The smallest absolute Gasteiger partial charge is 0.285 e. The number of anilines is 1. The van der Waals surface area contributed by atoms with Crippen molar-refractivity contribution < 1.29 is 4.79 Å². The average molecular weight is 343 g/mol. The van der Waals surface area contributed by atoms with E-state index in [0.717, 1.165) is 35.1 Å². The Morgan fingerprint density at radius 3 is 2.43 bits per heavy atom. The van der Waals surface area contributed by atoms with Gasteiger partial charge in [-0.25, -0.2) is 0 Å². The van der Waals surface area contributed by atoms with Crippen LogP contribution in [0.2, 0.25) is 9.49 Å². The lowest BCUT2D eigenvalue weighted by atomic mass is 10.2. The van der Waals surface area contributed by atoms with Gasteiger partial charge in [0.15, 0.2) is 0 Å². The first kappa shape index (κ1) is 14.6. The summed E-state index contributed by atoms with van der Waals surface area (Å²) in [4.78, 5) is 16.2. The van der Waals surface area contributed by atoms with Crippen LogP contribution in [-0.2, 0) is 0 Å². The Labute approximate surface area is 136 Å². The van der Waals surface area contributed by atoms with Gasteiger partial charge in [-0.3, -0.25) is 4.79 Å². The highest BCUT2D eigenvalue weighted by Gasteiger charge is 2.25. The largest absolute Gasteiger partial charge is 0.367 e. The van der Waals surface area contributed by atoms with Gasteiger partial charge in [0.25, 0.3) is 5.91 Å². The number of carbonyl (C=O) groups is 1. The molecule has 0 unspecified atom stereocenters. The molecule has 0 atom stereocenters. The number of rotatable bonds is 2. The number of para-hydroxylation sites is 1. The second kappa shape index (κ2) is 6.17. The molecular weight excluding hydrogens is 331 g/mol. The highest BCUT2D eigenvalue weighted by Crippen LogP contribution is 2.26. The quantitative estimate of drug-likeness (QED) is 0.841. The molecule has 0 spiro atoms. The van der Waals surface area contributed by atoms with Gasteiger partial charge in [-0.2, -0.15) is 0 Å². The number of halogens is 2. The third kappa shape index (κ3) is 3.12. The summed E-state index contributed by atoms with van der Waals surface area (Å²) in [6, 6.07) is 7.73. The summed E-state index contributed by atoms with van der Waals surface area (Å²) in [5, 5.41) is 8.53. The minimum absolute atomic E-state index is 0.113. The molecule has 1 aliphatic rings. The van der Waals surface area contributed by atoms with Crippen LogP contribution in [0.3, 0.4) is 0 Å². The molecule has 1 fully saturated rings. The maximum atomic E-state index is 12.3. The van der Waals surface area contributed by atoms with Crippen molar-refractivity contribution in [2.45, 2.75) is 0 Å². The van der Waals surface area contributed by atoms with Crippen molar-refractivity contribution >= 4 is 46.1 Å². The van der Waals surface area contributed by atoms with Crippen LogP contribution in [0.4, 0.5) is 5.69 Å². The fourth-order valence-electron chi connectivity index (χ4n) is 2.29. The maximum absolute atomic E-state index is 12.3. The highest BCUT2D eigenvalue weighted by atomic mass is 35.5. The van der Waals surface area contributed by atoms with Crippen molar-refractivity contribution in [3.8, 4) is 0 Å². The summed E-state index contributed by atoms with van der Waals surface area (Å²) < 4.78 is 0.285. The van der Waals surface area contributed by atoms with Crippen LogP contribution in [0.1, 0.15) is 9.80 Å². The minimum Gasteiger partial charge on any atom is -0.367 e. The number of hydrogen-bond donors (Lipinski definition) is 0. The lowest BCUT2D eigenvalue weighted by Gasteiger charge is -2.36. The van der Waals surface area contributed by atoms with E-state index in [4.69, 9.17) is 23.2 Å². The molecule has 0 saturated carbocycles. The number of hydrogen-bond acceptors (Lipinski definition) is 5. The summed E-state index contributed by atoms with van der Waals surface area (Å²) in [6.45, 7) is 2.73. The van der Waals surface area contributed by atoms with E-state index in [2.05, 4.69) is 15.1 Å². The first-order valence-electron chi connectivity index (χ1n) is 6.43. The predicted molar refractivity (Wildman–Crippen MR) is 84.5 cm³/mol. The van der Waals surface area contributed by atoms with Crippen molar-refractivity contribution in [1.29, 1.82) is 0 Å². The van der Waals surface area contributed by atoms with Crippen molar-refractivity contribution in [3.05, 3.63) is 38.8 Å². The van der Waals surface area contributed by atoms with Crippen LogP contribution < -0.4 is 4.90 Å². The molecule has 0 N–H and O–H groups in total. The molecule has 1 amide bonds. The molecule has 0 aliphatic carbocycles. The second-order valence-electron chi connectivity index (χ2n) is 4.59. The topological polar surface area (TPSA) is 49.3 Å². The molecule has 0 radical (unpaired) electrons. The van der Waals surface area contributed by atoms with Gasteiger partial charge in [0.1, 0.15) is 0 Å². The molecule has 2 heterocycles. The Hall–Kier alpha value is -1.37. The molecular formula is C13H12Cl2N4OS. The standard InChI is InChI=1S/C13H12Cl2N4OS/c14-9-3-1-2-4-10(9)18-5-7-19(8-6-18)12(20)11-16-17-13(15)21-11/h1-4H,5-8H2. The van der Waals surface area contributed by atoms with Gasteiger partial charge in [0.2, 0.25) is 9.47 Å². The molecule has 0 bridgehead atoms. The first-order valence-corrected chi connectivity index (χ1v) is 8.00. The van der Waals surface area contributed by atoms with E-state index >= 15 is 0 Å². The van der Waals surface area contributed by atoms with Crippen LogP contribution >= 0.6 is 34.5 Å². The molecule has 1 saturated heterocycles. The first-order chi connectivity index (χ1) is 10.1. The molecule has 8 heteroatoms. The maximum Gasteiger partial charge on any atom is 0.285 e. The third-order valence-corrected chi connectivity index (χ3v) is 4.67. The van der Waals surface area contributed by atoms with Gasteiger partial charge < -0.3 is 9.80 Å². The van der Waals surface area contributed by atoms with Gasteiger partial charge in [0.05, 0.1) is 10.7 Å². The molecule has 1 aromatic carbocycles. The molecule has 1 aliphatic heterocycles. The Kier molecular flexibility index (Phi) is 4.28. The zero-order chi connectivity index (χ0) is 14.8. The van der Waals surface area contributed by atoms with E-state index in [1.807, 2.05) is 24.3 Å². The number of amides is 1. The molecule has 21 heavy (non-hydrogen) atoms. The third-order valence-electron chi connectivity index (χ3n) is 3.34. The van der Waals surface area contributed by atoms with Gasteiger partial charge >= 0.3 is 0 Å². The predicted octanol–water partition coefficient (Wildman–Crippen LogP) is 2.81. The SMILES string of the molecule is O=C(c1nnc(Cl)s1)N1CCN(c2ccccc2Cl)CC1. The van der Waals surface area contributed by atoms with E-state index in [1.165, 1.54) is 0 Å². The summed E-state index contributed by atoms with van der Waals surface area (Å²) in [5.41, 5.74) is 1.00. The van der Waals surface area contributed by atoms with Gasteiger partial charge in [-0.05, 0) is 23.7 Å². The highest BCUT2D eigenvalue weighted by molar-refractivity contribution is 7.17. The van der Waals surface area contributed by atoms with E-state index in [9.17, 15) is 4.79 Å². The summed E-state index contributed by atoms with van der Waals surface area (Å²) in [7, 11) is 0. The number of nitrogens with zero attached hydrogens (tertiary/aromatic N) is 4. The van der Waals surface area contributed by atoms with Crippen molar-refractivity contribution in [1.82, 2.24) is 15.1 Å². The normalized spacial score (nSPS) is 15.3. The molecule has 1 aromatic heterocycles. The van der Waals surface area contributed by atoms with Gasteiger partial charge in [-0.15, -0.1) is 10.2 Å². The zero-order valence-electron chi connectivity index (χ0n) is 11.0. The number of benzene rings is 1. The number of aromatic nitrogens is 2. The Morgan fingerprint density at radius 1 is 1.10 bits per heavy atom. The van der Waals surface area contributed by atoms with Gasteiger partial charge in [0, 0.05) is 26.2 Å². The number of piperazine rings is 1. The van der Waals surface area contributed by atoms with Crippen LogP contribution in [0, 0.1) is 0 Å². The van der Waals surface area contributed by atoms with Crippen LogP contribution in [0.25, 0.3) is 0 Å². The molecule has 110 valence electrons. The zero-order valence-corrected chi connectivity index (χ0v) is 13.3. The van der Waals surface area contributed by atoms with Crippen molar-refractivity contribution in [3.63, 3.8) is 0 Å². The van der Waals surface area contributed by atoms with Crippen LogP contribution in [0.15, 0.2) is 24.3 Å². The average Bonchev–Trinajstić information content (AvgIpc) is 2.94. The summed E-state index contributed by atoms with van der Waals surface area (Å²) >= 11 is 13.0. The fraction of sp³-hybridized carbons (Fsp3) is 0.308. The second-order valence-corrected chi connectivity index (χ2v) is 6.56. The van der Waals surface area contributed by atoms with Crippen LogP contribution in [-0.4, -0.2) is 47.2 Å². The number of carbonyl (C=O) groups excluding carboxylic acids is 1. The molecule has 3 rings (SSSR count). The lowest BCUT2D eigenvalue weighted by molar-refractivity contribution is 0.0745. The Bertz CT molecular complexity index is 655. The van der Waals surface area contributed by atoms with Crippen molar-refractivity contribution in [2.24, 2.45) is 0 Å². The Balaban J connectivity index is 1.65. The van der Waals surface area contributed by atoms with Gasteiger partial charge in [-0.1, -0.05) is 35.1 Å². The van der Waals surface area contributed by atoms with E-state index in [1.54, 1.807) is 4.90 Å². The van der Waals surface area contributed by atoms with Crippen molar-refractivity contribution in [2.75, 3.05) is 31.1 Å². The Morgan fingerprint density at radius 2 is 1.81 bits per heavy atom. The van der Waals surface area contributed by atoms with E-state index < -0.39 is 0 Å². The van der Waals surface area contributed by atoms with E-state index in [0.29, 0.717) is 18.1 Å². The lowest BCUT2D eigenvalue weighted by Crippen LogP contribution is -2.48. The monoisotopic (exact) mass is 342 g/mol. The molecule has 5 nitrogen and oxygen atoms in total.